The first-order chi connectivity index (χ1) is 6.77. The second kappa shape index (κ2) is 4.43. The highest BCUT2D eigenvalue weighted by atomic mass is 35.5. The van der Waals surface area contributed by atoms with Gasteiger partial charge in [-0.25, -0.2) is 4.39 Å². The summed E-state index contributed by atoms with van der Waals surface area (Å²) in [5, 5.41) is 2.93. The third-order valence-corrected chi connectivity index (χ3v) is 2.97. The van der Waals surface area contributed by atoms with Crippen LogP contribution in [0.1, 0.15) is 0 Å². The highest BCUT2D eigenvalue weighted by Gasteiger charge is 2.29. The first-order valence-corrected chi connectivity index (χ1v) is 5.23. The SMILES string of the molecule is FC1=CC(Cl)C(C2CNCCO2)C=C1. The maximum absolute atomic E-state index is 12.8. The van der Waals surface area contributed by atoms with E-state index in [9.17, 15) is 4.39 Å². The fourth-order valence-electron chi connectivity index (χ4n) is 1.79. The molecule has 4 heteroatoms. The van der Waals surface area contributed by atoms with Gasteiger partial charge in [-0.2, -0.15) is 0 Å². The Morgan fingerprint density at radius 1 is 1.57 bits per heavy atom. The van der Waals surface area contributed by atoms with Gasteiger partial charge in [0.05, 0.1) is 18.1 Å². The molecule has 1 aliphatic carbocycles. The molecule has 0 radical (unpaired) electrons. The molecule has 1 aliphatic heterocycles. The van der Waals surface area contributed by atoms with E-state index in [0.717, 1.165) is 13.1 Å². The van der Waals surface area contributed by atoms with Gasteiger partial charge in [0.1, 0.15) is 5.83 Å². The minimum Gasteiger partial charge on any atom is -0.375 e. The molecule has 0 amide bonds. The maximum atomic E-state index is 12.8. The molecular weight excluding hydrogens is 205 g/mol. The van der Waals surface area contributed by atoms with E-state index >= 15 is 0 Å². The number of hydrogen-bond donors (Lipinski definition) is 1. The van der Waals surface area contributed by atoms with Crippen LogP contribution >= 0.6 is 11.6 Å². The first-order valence-electron chi connectivity index (χ1n) is 4.79. The molecule has 2 nitrogen and oxygen atoms in total. The number of morpholine rings is 1. The van der Waals surface area contributed by atoms with Crippen LogP contribution in [0.4, 0.5) is 4.39 Å². The van der Waals surface area contributed by atoms with Gasteiger partial charge in [0, 0.05) is 19.0 Å². The third-order valence-electron chi connectivity index (χ3n) is 2.55. The Hall–Kier alpha value is -0.380. The van der Waals surface area contributed by atoms with Crippen molar-refractivity contribution >= 4 is 11.6 Å². The second-order valence-electron chi connectivity index (χ2n) is 3.55. The summed E-state index contributed by atoms with van der Waals surface area (Å²) in [6.45, 7) is 2.36. The molecule has 1 heterocycles. The Balaban J connectivity index is 2.01. The van der Waals surface area contributed by atoms with E-state index < -0.39 is 0 Å². The number of halogens is 2. The van der Waals surface area contributed by atoms with Crippen LogP contribution in [0.5, 0.6) is 0 Å². The predicted molar refractivity (Wildman–Crippen MR) is 54.1 cm³/mol. The number of hydrogen-bond acceptors (Lipinski definition) is 2. The van der Waals surface area contributed by atoms with Crippen LogP contribution in [0.15, 0.2) is 24.1 Å². The predicted octanol–water partition coefficient (Wildman–Crippen LogP) is 1.62. The number of rotatable bonds is 1. The number of ether oxygens (including phenoxy) is 1. The Bertz CT molecular complexity index is 261. The van der Waals surface area contributed by atoms with Crippen molar-refractivity contribution in [3.05, 3.63) is 24.1 Å². The van der Waals surface area contributed by atoms with E-state index in [1.54, 1.807) is 6.08 Å². The van der Waals surface area contributed by atoms with Gasteiger partial charge in [0.15, 0.2) is 0 Å². The van der Waals surface area contributed by atoms with E-state index in [1.807, 2.05) is 0 Å². The van der Waals surface area contributed by atoms with Crippen LogP contribution in [0.2, 0.25) is 0 Å². The summed E-state index contributed by atoms with van der Waals surface area (Å²) in [5.41, 5.74) is 0. The molecule has 0 aromatic heterocycles. The van der Waals surface area contributed by atoms with Crippen LogP contribution in [0.3, 0.4) is 0 Å². The van der Waals surface area contributed by atoms with Crippen molar-refractivity contribution in [2.75, 3.05) is 19.7 Å². The fraction of sp³-hybridized carbons (Fsp3) is 0.600. The zero-order chi connectivity index (χ0) is 9.97. The molecule has 1 fully saturated rings. The van der Waals surface area contributed by atoms with Gasteiger partial charge in [0.2, 0.25) is 0 Å². The summed E-state index contributed by atoms with van der Waals surface area (Å²) in [6.07, 6.45) is 4.75. The van der Waals surface area contributed by atoms with E-state index in [1.165, 1.54) is 12.2 Å². The van der Waals surface area contributed by atoms with Gasteiger partial charge in [-0.3, -0.25) is 0 Å². The normalized spacial score (nSPS) is 38.1. The van der Waals surface area contributed by atoms with Crippen molar-refractivity contribution in [1.82, 2.24) is 5.32 Å². The molecule has 1 N–H and O–H groups in total. The standard InChI is InChI=1S/C10H13ClFNO/c11-9-5-7(12)1-2-8(9)10-6-13-3-4-14-10/h1-2,5,8-10,13H,3-4,6H2. The molecular formula is C10H13ClFNO. The van der Waals surface area contributed by atoms with Crippen molar-refractivity contribution in [3.8, 4) is 0 Å². The Kier molecular flexibility index (Phi) is 3.21. The number of nitrogens with one attached hydrogen (secondary N) is 1. The molecule has 0 aromatic rings. The lowest BCUT2D eigenvalue weighted by Crippen LogP contribution is -2.44. The lowest BCUT2D eigenvalue weighted by Gasteiger charge is -2.32. The number of alkyl halides is 1. The summed E-state index contributed by atoms with van der Waals surface area (Å²) in [4.78, 5) is 0. The smallest absolute Gasteiger partial charge is 0.120 e. The molecule has 2 rings (SSSR count). The van der Waals surface area contributed by atoms with Gasteiger partial charge in [-0.15, -0.1) is 11.6 Å². The van der Waals surface area contributed by atoms with E-state index in [2.05, 4.69) is 5.32 Å². The van der Waals surface area contributed by atoms with Crippen LogP contribution in [-0.4, -0.2) is 31.2 Å². The van der Waals surface area contributed by atoms with E-state index in [0.29, 0.717) is 6.61 Å². The molecule has 0 aromatic carbocycles. The van der Waals surface area contributed by atoms with Crippen molar-refractivity contribution in [3.63, 3.8) is 0 Å². The molecule has 14 heavy (non-hydrogen) atoms. The first kappa shape index (κ1) is 10.1. The Morgan fingerprint density at radius 3 is 3.07 bits per heavy atom. The quantitative estimate of drug-likeness (QED) is 0.674. The van der Waals surface area contributed by atoms with Crippen LogP contribution < -0.4 is 5.32 Å². The summed E-state index contributed by atoms with van der Waals surface area (Å²) in [6, 6.07) is 0. The lowest BCUT2D eigenvalue weighted by atomic mass is 9.93. The Morgan fingerprint density at radius 2 is 2.43 bits per heavy atom. The van der Waals surface area contributed by atoms with Crippen molar-refractivity contribution < 1.29 is 9.13 Å². The molecule has 2 aliphatic rings. The van der Waals surface area contributed by atoms with Crippen LogP contribution in [0.25, 0.3) is 0 Å². The topological polar surface area (TPSA) is 21.3 Å². The molecule has 0 saturated carbocycles. The van der Waals surface area contributed by atoms with E-state index in [-0.39, 0.29) is 23.2 Å². The molecule has 0 spiro atoms. The lowest BCUT2D eigenvalue weighted by molar-refractivity contribution is 0.00421. The Labute approximate surface area is 87.8 Å². The second-order valence-corrected chi connectivity index (χ2v) is 4.05. The van der Waals surface area contributed by atoms with E-state index in [4.69, 9.17) is 16.3 Å². The largest absolute Gasteiger partial charge is 0.375 e. The van der Waals surface area contributed by atoms with Crippen molar-refractivity contribution in [2.24, 2.45) is 5.92 Å². The summed E-state index contributed by atoms with van der Waals surface area (Å²) < 4.78 is 18.4. The van der Waals surface area contributed by atoms with Gasteiger partial charge >= 0.3 is 0 Å². The van der Waals surface area contributed by atoms with Crippen LogP contribution in [0, 0.1) is 5.92 Å². The summed E-state index contributed by atoms with van der Waals surface area (Å²) in [7, 11) is 0. The molecule has 78 valence electrons. The fourth-order valence-corrected chi connectivity index (χ4v) is 2.16. The molecule has 0 bridgehead atoms. The highest BCUT2D eigenvalue weighted by molar-refractivity contribution is 6.22. The molecule has 3 atom stereocenters. The summed E-state index contributed by atoms with van der Waals surface area (Å²) >= 11 is 6.04. The molecule has 1 saturated heterocycles. The van der Waals surface area contributed by atoms with Gasteiger partial charge in [0.25, 0.3) is 0 Å². The van der Waals surface area contributed by atoms with Crippen molar-refractivity contribution in [2.45, 2.75) is 11.5 Å². The number of allylic oxidation sites excluding steroid dienone is 3. The van der Waals surface area contributed by atoms with Gasteiger partial charge < -0.3 is 10.1 Å². The zero-order valence-corrected chi connectivity index (χ0v) is 8.51. The van der Waals surface area contributed by atoms with Gasteiger partial charge in [-0.05, 0) is 12.2 Å². The monoisotopic (exact) mass is 217 g/mol. The molecule has 3 unspecified atom stereocenters. The van der Waals surface area contributed by atoms with Gasteiger partial charge in [-0.1, -0.05) is 6.08 Å². The van der Waals surface area contributed by atoms with Crippen molar-refractivity contribution in [1.29, 1.82) is 0 Å². The average molecular weight is 218 g/mol. The maximum Gasteiger partial charge on any atom is 0.120 e. The average Bonchev–Trinajstić information content (AvgIpc) is 2.19. The summed E-state index contributed by atoms with van der Waals surface area (Å²) in [5.74, 6) is -0.186. The minimum atomic E-state index is -0.301. The zero-order valence-electron chi connectivity index (χ0n) is 7.75. The highest BCUT2D eigenvalue weighted by Crippen LogP contribution is 2.27. The van der Waals surface area contributed by atoms with Crippen LogP contribution in [-0.2, 0) is 4.74 Å². The third kappa shape index (κ3) is 2.16. The minimum absolute atomic E-state index is 0.0619.